The first kappa shape index (κ1) is 13.9. The third-order valence-electron chi connectivity index (χ3n) is 3.23. The Morgan fingerprint density at radius 2 is 2.21 bits per heavy atom. The van der Waals surface area contributed by atoms with Crippen molar-refractivity contribution < 1.29 is 18.3 Å². The number of ether oxygens (including phenoxy) is 1. The summed E-state index contributed by atoms with van der Waals surface area (Å²) in [6.45, 7) is 0.824. The first-order chi connectivity index (χ1) is 8.92. The summed E-state index contributed by atoms with van der Waals surface area (Å²) in [6, 6.07) is 3.56. The summed E-state index contributed by atoms with van der Waals surface area (Å²) in [7, 11) is 1.58. The molecule has 1 atom stereocenters. The van der Waals surface area contributed by atoms with Crippen LogP contribution in [0.1, 0.15) is 12.0 Å². The molecule has 0 saturated carbocycles. The van der Waals surface area contributed by atoms with E-state index in [2.05, 4.69) is 0 Å². The molecule has 2 N–H and O–H groups in total. The van der Waals surface area contributed by atoms with Crippen LogP contribution in [-0.2, 0) is 16.1 Å². The van der Waals surface area contributed by atoms with Crippen LogP contribution in [0.4, 0.5) is 8.78 Å². The normalized spacial score (nSPS) is 22.5. The van der Waals surface area contributed by atoms with Crippen molar-refractivity contribution in [3.8, 4) is 0 Å². The van der Waals surface area contributed by atoms with Gasteiger partial charge >= 0.3 is 0 Å². The predicted octanol–water partition coefficient (Wildman–Crippen LogP) is 1.04. The number of carbonyl (C=O) groups excluding carboxylic acids is 1. The Morgan fingerprint density at radius 3 is 2.79 bits per heavy atom. The lowest BCUT2D eigenvalue weighted by Gasteiger charge is -2.27. The average molecular weight is 270 g/mol. The zero-order valence-electron chi connectivity index (χ0n) is 10.7. The molecule has 0 aromatic heterocycles. The smallest absolute Gasteiger partial charge is 0.245 e. The van der Waals surface area contributed by atoms with Crippen LogP contribution in [0.25, 0.3) is 0 Å². The van der Waals surface area contributed by atoms with Gasteiger partial charge in [-0.15, -0.1) is 0 Å². The zero-order chi connectivity index (χ0) is 14.0. The second-order valence-corrected chi connectivity index (χ2v) is 4.87. The van der Waals surface area contributed by atoms with Crippen molar-refractivity contribution in [2.45, 2.75) is 18.5 Å². The molecule has 19 heavy (non-hydrogen) atoms. The SMILES string of the molecule is CN(Cc1ccc(F)c(F)c1)C(=O)C1(N)CCOC1. The van der Waals surface area contributed by atoms with Crippen LogP contribution in [0.15, 0.2) is 18.2 Å². The number of likely N-dealkylation sites (N-methyl/N-ethyl adjacent to an activating group) is 1. The largest absolute Gasteiger partial charge is 0.379 e. The van der Waals surface area contributed by atoms with Gasteiger partial charge in [-0.3, -0.25) is 4.79 Å². The third kappa shape index (κ3) is 2.90. The van der Waals surface area contributed by atoms with Gasteiger partial charge in [0.1, 0.15) is 5.54 Å². The molecule has 1 amide bonds. The highest BCUT2D eigenvalue weighted by Gasteiger charge is 2.40. The van der Waals surface area contributed by atoms with Gasteiger partial charge in [-0.2, -0.15) is 0 Å². The highest BCUT2D eigenvalue weighted by Crippen LogP contribution is 2.19. The van der Waals surface area contributed by atoms with Gasteiger partial charge in [-0.25, -0.2) is 8.78 Å². The van der Waals surface area contributed by atoms with Crippen molar-refractivity contribution >= 4 is 5.91 Å². The van der Waals surface area contributed by atoms with E-state index >= 15 is 0 Å². The second-order valence-electron chi connectivity index (χ2n) is 4.87. The second kappa shape index (κ2) is 5.22. The number of hydrogen-bond donors (Lipinski definition) is 1. The molecule has 4 nitrogen and oxygen atoms in total. The van der Waals surface area contributed by atoms with Gasteiger partial charge in [0.15, 0.2) is 11.6 Å². The number of nitrogens with zero attached hydrogens (tertiary/aromatic N) is 1. The molecular weight excluding hydrogens is 254 g/mol. The maximum Gasteiger partial charge on any atom is 0.245 e. The van der Waals surface area contributed by atoms with E-state index in [9.17, 15) is 13.6 Å². The fraction of sp³-hybridized carbons (Fsp3) is 0.462. The highest BCUT2D eigenvalue weighted by molar-refractivity contribution is 5.86. The zero-order valence-corrected chi connectivity index (χ0v) is 10.7. The van der Waals surface area contributed by atoms with Gasteiger partial charge in [0, 0.05) is 20.2 Å². The number of amides is 1. The number of carbonyl (C=O) groups is 1. The average Bonchev–Trinajstić information content (AvgIpc) is 2.81. The van der Waals surface area contributed by atoms with Crippen molar-refractivity contribution in [1.29, 1.82) is 0 Å². The number of halogens is 2. The van der Waals surface area contributed by atoms with Crippen LogP contribution in [-0.4, -0.2) is 36.6 Å². The van der Waals surface area contributed by atoms with Crippen LogP contribution in [0.5, 0.6) is 0 Å². The van der Waals surface area contributed by atoms with Crippen LogP contribution in [0, 0.1) is 11.6 Å². The summed E-state index contributed by atoms with van der Waals surface area (Å²) < 4.78 is 31.0. The van der Waals surface area contributed by atoms with Gasteiger partial charge in [0.2, 0.25) is 5.91 Å². The molecule has 1 unspecified atom stereocenters. The molecule has 1 aromatic carbocycles. The van der Waals surface area contributed by atoms with E-state index in [1.165, 1.54) is 11.0 Å². The standard InChI is InChI=1S/C13H16F2N2O2/c1-17(12(18)13(16)4-5-19-8-13)7-9-2-3-10(14)11(15)6-9/h2-3,6H,4-5,7-8,16H2,1H3. The minimum absolute atomic E-state index is 0.176. The lowest BCUT2D eigenvalue weighted by atomic mass is 9.98. The molecule has 0 radical (unpaired) electrons. The van der Waals surface area contributed by atoms with Crippen molar-refractivity contribution in [1.82, 2.24) is 4.90 Å². The monoisotopic (exact) mass is 270 g/mol. The molecule has 1 aliphatic rings. The summed E-state index contributed by atoms with van der Waals surface area (Å²) in [5, 5.41) is 0. The Morgan fingerprint density at radius 1 is 1.47 bits per heavy atom. The molecular formula is C13H16F2N2O2. The van der Waals surface area contributed by atoms with Gasteiger partial charge in [-0.05, 0) is 24.1 Å². The Balaban J connectivity index is 2.06. The van der Waals surface area contributed by atoms with E-state index < -0.39 is 17.2 Å². The van der Waals surface area contributed by atoms with Gasteiger partial charge in [0.05, 0.1) is 6.61 Å². The molecule has 2 rings (SSSR count). The topological polar surface area (TPSA) is 55.6 Å². The van der Waals surface area contributed by atoms with Crippen LogP contribution >= 0.6 is 0 Å². The van der Waals surface area contributed by atoms with Gasteiger partial charge in [0.25, 0.3) is 0 Å². The van der Waals surface area contributed by atoms with E-state index in [1.807, 2.05) is 0 Å². The molecule has 0 spiro atoms. The van der Waals surface area contributed by atoms with Gasteiger partial charge < -0.3 is 15.4 Å². The molecule has 1 aromatic rings. The molecule has 1 fully saturated rings. The summed E-state index contributed by atoms with van der Waals surface area (Å²) in [5.74, 6) is -2.09. The Bertz CT molecular complexity index is 488. The Hall–Kier alpha value is -1.53. The van der Waals surface area contributed by atoms with Crippen LogP contribution in [0.3, 0.4) is 0 Å². The fourth-order valence-electron chi connectivity index (χ4n) is 2.11. The highest BCUT2D eigenvalue weighted by atomic mass is 19.2. The fourth-order valence-corrected chi connectivity index (χ4v) is 2.11. The maximum absolute atomic E-state index is 13.1. The Labute approximate surface area is 110 Å². The number of rotatable bonds is 3. The van der Waals surface area contributed by atoms with Crippen LogP contribution in [0.2, 0.25) is 0 Å². The Kier molecular flexibility index (Phi) is 3.82. The molecule has 1 aliphatic heterocycles. The summed E-state index contributed by atoms with van der Waals surface area (Å²) in [5.41, 5.74) is 5.47. The maximum atomic E-state index is 13.1. The number of benzene rings is 1. The van der Waals surface area contributed by atoms with Crippen molar-refractivity contribution in [3.05, 3.63) is 35.4 Å². The van der Waals surface area contributed by atoms with Gasteiger partial charge in [-0.1, -0.05) is 6.07 Å². The molecule has 0 bridgehead atoms. The molecule has 0 aliphatic carbocycles. The quantitative estimate of drug-likeness (QED) is 0.893. The molecule has 6 heteroatoms. The minimum Gasteiger partial charge on any atom is -0.379 e. The molecule has 104 valence electrons. The van der Waals surface area contributed by atoms with E-state index in [1.54, 1.807) is 7.05 Å². The van der Waals surface area contributed by atoms with Crippen molar-refractivity contribution in [2.24, 2.45) is 5.73 Å². The van der Waals surface area contributed by atoms with Crippen molar-refractivity contribution in [2.75, 3.05) is 20.3 Å². The van der Waals surface area contributed by atoms with E-state index in [-0.39, 0.29) is 19.1 Å². The summed E-state index contributed by atoms with van der Waals surface area (Å²) in [4.78, 5) is 13.6. The summed E-state index contributed by atoms with van der Waals surface area (Å²) >= 11 is 0. The predicted molar refractivity (Wildman–Crippen MR) is 65.2 cm³/mol. The first-order valence-electron chi connectivity index (χ1n) is 5.98. The summed E-state index contributed by atoms with van der Waals surface area (Å²) in [6.07, 6.45) is 0.466. The van der Waals surface area contributed by atoms with E-state index in [0.29, 0.717) is 18.6 Å². The number of hydrogen-bond acceptors (Lipinski definition) is 3. The lowest BCUT2D eigenvalue weighted by molar-refractivity contribution is -0.136. The first-order valence-corrected chi connectivity index (χ1v) is 5.98. The minimum atomic E-state index is -1.01. The molecule has 1 saturated heterocycles. The van der Waals surface area contributed by atoms with E-state index in [4.69, 9.17) is 10.5 Å². The third-order valence-corrected chi connectivity index (χ3v) is 3.23. The lowest BCUT2D eigenvalue weighted by Crippen LogP contribution is -2.54. The molecule has 1 heterocycles. The van der Waals surface area contributed by atoms with Crippen LogP contribution < -0.4 is 5.73 Å². The van der Waals surface area contributed by atoms with Crippen molar-refractivity contribution in [3.63, 3.8) is 0 Å². The van der Waals surface area contributed by atoms with E-state index in [0.717, 1.165) is 12.1 Å². The number of nitrogens with two attached hydrogens (primary N) is 1.